The van der Waals surface area contributed by atoms with Gasteiger partial charge < -0.3 is 18.0 Å². The first-order valence-electron chi connectivity index (χ1n) is 18.1. The summed E-state index contributed by atoms with van der Waals surface area (Å²) in [6.07, 6.45) is 0. The number of aromatic nitrogens is 2. The zero-order valence-electron chi connectivity index (χ0n) is 28.7. The summed E-state index contributed by atoms with van der Waals surface area (Å²) in [6.45, 7) is 0. The molecule has 0 aliphatic heterocycles. The van der Waals surface area contributed by atoms with Crippen molar-refractivity contribution in [2.24, 2.45) is 0 Å². The highest BCUT2D eigenvalue weighted by atomic mass is 16.3. The first-order chi connectivity index (χ1) is 26.8. The molecule has 0 saturated heterocycles. The Morgan fingerprint density at radius 3 is 1.48 bits per heavy atom. The summed E-state index contributed by atoms with van der Waals surface area (Å²) >= 11 is 0. The van der Waals surface area contributed by atoms with Crippen LogP contribution in [0.25, 0.3) is 110 Å². The van der Waals surface area contributed by atoms with Gasteiger partial charge >= 0.3 is 0 Å². The van der Waals surface area contributed by atoms with E-state index in [1.165, 1.54) is 0 Å². The number of hydrogen-bond donors (Lipinski definition) is 0. The second-order valence-corrected chi connectivity index (χ2v) is 13.9. The SMILES string of the molecule is N#Cc1ccc(-c2ccccc2-n2c3ccccc3c3ccc4c5ccccc5oc4c32)cc1-n1c2ccccc2c2ccc3c4ccccc4oc3c21. The Balaban J connectivity index is 1.17. The Kier molecular flexibility index (Phi) is 5.78. The van der Waals surface area contributed by atoms with E-state index in [4.69, 9.17) is 8.83 Å². The van der Waals surface area contributed by atoms with E-state index in [-0.39, 0.29) is 0 Å². The molecule has 0 atom stereocenters. The van der Waals surface area contributed by atoms with Crippen LogP contribution in [-0.2, 0) is 0 Å². The molecule has 12 aromatic rings. The monoisotopic (exact) mass is 689 g/mol. The van der Waals surface area contributed by atoms with Crippen molar-refractivity contribution in [1.29, 1.82) is 5.26 Å². The van der Waals surface area contributed by atoms with Gasteiger partial charge in [0.25, 0.3) is 0 Å². The minimum atomic E-state index is 0.577. The molecule has 54 heavy (non-hydrogen) atoms. The molecule has 0 radical (unpaired) electrons. The number of rotatable bonds is 3. The molecule has 4 aromatic heterocycles. The predicted octanol–water partition coefficient (Wildman–Crippen LogP) is 13.2. The Morgan fingerprint density at radius 2 is 0.889 bits per heavy atom. The molecule has 0 saturated carbocycles. The molecule has 5 nitrogen and oxygen atoms in total. The Morgan fingerprint density at radius 1 is 0.407 bits per heavy atom. The van der Waals surface area contributed by atoms with Gasteiger partial charge in [-0.3, -0.25) is 0 Å². The van der Waals surface area contributed by atoms with Crippen molar-refractivity contribution in [2.45, 2.75) is 0 Å². The first-order valence-corrected chi connectivity index (χ1v) is 18.1. The summed E-state index contributed by atoms with van der Waals surface area (Å²) in [6, 6.07) is 59.3. The smallest absolute Gasteiger partial charge is 0.160 e. The van der Waals surface area contributed by atoms with Crippen LogP contribution in [0, 0.1) is 11.3 Å². The number of hydrogen-bond acceptors (Lipinski definition) is 3. The van der Waals surface area contributed by atoms with E-state index >= 15 is 0 Å². The fraction of sp³-hybridized carbons (Fsp3) is 0. The van der Waals surface area contributed by atoms with E-state index in [1.807, 2.05) is 36.4 Å². The fourth-order valence-electron chi connectivity index (χ4n) is 8.85. The van der Waals surface area contributed by atoms with Gasteiger partial charge in [-0.15, -0.1) is 0 Å². The van der Waals surface area contributed by atoms with Gasteiger partial charge in [-0.2, -0.15) is 5.26 Å². The number of nitriles is 1. The lowest BCUT2D eigenvalue weighted by molar-refractivity contribution is 0.670. The van der Waals surface area contributed by atoms with Crippen LogP contribution in [0.5, 0.6) is 0 Å². The lowest BCUT2D eigenvalue weighted by Gasteiger charge is -2.16. The third-order valence-electron chi connectivity index (χ3n) is 11.2. The molecule has 0 unspecified atom stereocenters. The van der Waals surface area contributed by atoms with Crippen LogP contribution in [0.2, 0.25) is 0 Å². The van der Waals surface area contributed by atoms with Gasteiger partial charge in [0.15, 0.2) is 11.2 Å². The number of fused-ring (bicyclic) bond motifs is 14. The van der Waals surface area contributed by atoms with E-state index in [1.54, 1.807) is 0 Å². The number of nitrogens with zero attached hydrogens (tertiary/aromatic N) is 3. The molecule has 0 aliphatic rings. The fourth-order valence-corrected chi connectivity index (χ4v) is 8.85. The maximum Gasteiger partial charge on any atom is 0.160 e. The Hall–Kier alpha value is -7.55. The molecule has 0 amide bonds. The molecule has 5 heteroatoms. The van der Waals surface area contributed by atoms with E-state index in [0.717, 1.165) is 110 Å². The van der Waals surface area contributed by atoms with Crippen LogP contribution in [0.4, 0.5) is 0 Å². The van der Waals surface area contributed by atoms with Crippen LogP contribution < -0.4 is 0 Å². The van der Waals surface area contributed by atoms with Crippen molar-refractivity contribution in [3.63, 3.8) is 0 Å². The van der Waals surface area contributed by atoms with Crippen molar-refractivity contribution in [3.8, 4) is 28.6 Å². The highest BCUT2D eigenvalue weighted by Gasteiger charge is 2.23. The second kappa shape index (κ2) is 10.7. The molecule has 4 heterocycles. The van der Waals surface area contributed by atoms with Gasteiger partial charge in [0.2, 0.25) is 0 Å². The molecular weight excluding hydrogens is 663 g/mol. The third kappa shape index (κ3) is 3.81. The maximum absolute atomic E-state index is 10.7. The predicted molar refractivity (Wildman–Crippen MR) is 220 cm³/mol. The molecule has 0 bridgehead atoms. The summed E-state index contributed by atoms with van der Waals surface area (Å²) in [5, 5.41) is 19.4. The first kappa shape index (κ1) is 29.1. The lowest BCUT2D eigenvalue weighted by Crippen LogP contribution is -2.00. The van der Waals surface area contributed by atoms with Crippen LogP contribution in [0.1, 0.15) is 5.56 Å². The quantitative estimate of drug-likeness (QED) is 0.185. The van der Waals surface area contributed by atoms with Gasteiger partial charge in [0, 0.05) is 48.7 Å². The van der Waals surface area contributed by atoms with Gasteiger partial charge in [-0.1, -0.05) is 109 Å². The zero-order chi connectivity index (χ0) is 35.5. The highest BCUT2D eigenvalue weighted by molar-refractivity contribution is 6.23. The lowest BCUT2D eigenvalue weighted by atomic mass is 10.00. The van der Waals surface area contributed by atoms with E-state index in [2.05, 4.69) is 143 Å². The largest absolute Gasteiger partial charge is 0.454 e. The molecule has 12 rings (SSSR count). The van der Waals surface area contributed by atoms with Gasteiger partial charge in [0.1, 0.15) is 17.2 Å². The molecule has 0 fully saturated rings. The van der Waals surface area contributed by atoms with E-state index in [0.29, 0.717) is 5.56 Å². The molecule has 250 valence electrons. The van der Waals surface area contributed by atoms with Gasteiger partial charge in [-0.05, 0) is 60.2 Å². The van der Waals surface area contributed by atoms with Crippen molar-refractivity contribution in [2.75, 3.05) is 0 Å². The average Bonchev–Trinajstić information content (AvgIpc) is 3.98. The summed E-state index contributed by atoms with van der Waals surface area (Å²) in [7, 11) is 0. The summed E-state index contributed by atoms with van der Waals surface area (Å²) in [5.41, 5.74) is 11.9. The van der Waals surface area contributed by atoms with Crippen LogP contribution in [0.3, 0.4) is 0 Å². The summed E-state index contributed by atoms with van der Waals surface area (Å²) in [4.78, 5) is 0. The average molecular weight is 690 g/mol. The molecule has 0 spiro atoms. The summed E-state index contributed by atoms with van der Waals surface area (Å²) < 4.78 is 17.9. The number of furan rings is 2. The molecule has 0 N–H and O–H groups in total. The van der Waals surface area contributed by atoms with Crippen LogP contribution >= 0.6 is 0 Å². The highest BCUT2D eigenvalue weighted by Crippen LogP contribution is 2.44. The molecule has 8 aromatic carbocycles. The normalized spacial score (nSPS) is 12.1. The number of para-hydroxylation sites is 5. The van der Waals surface area contributed by atoms with E-state index in [9.17, 15) is 5.26 Å². The van der Waals surface area contributed by atoms with Crippen LogP contribution in [-0.4, -0.2) is 9.13 Å². The molecular formula is C49H27N3O2. The Labute approximate surface area is 307 Å². The standard InChI is InChI=1S/C49H27N3O2/c50-28-30-22-21-29(27-43(30)52-42-18-8-3-13-33(42)37-24-26-39-35-15-5-10-20-45(35)54-49(39)47(37)52)31-11-1-6-16-40(31)51-41-17-7-2-12-32(41)36-23-25-38-34-14-4-9-19-44(34)53-48(38)46(36)51/h1-27H. The second-order valence-electron chi connectivity index (χ2n) is 13.9. The number of benzene rings is 8. The van der Waals surface area contributed by atoms with Gasteiger partial charge in [0.05, 0.1) is 39.0 Å². The zero-order valence-corrected chi connectivity index (χ0v) is 28.7. The van der Waals surface area contributed by atoms with Crippen molar-refractivity contribution in [1.82, 2.24) is 9.13 Å². The summed E-state index contributed by atoms with van der Waals surface area (Å²) in [5.74, 6) is 0. The Bertz CT molecular complexity index is 3590. The van der Waals surface area contributed by atoms with Gasteiger partial charge in [-0.25, -0.2) is 0 Å². The third-order valence-corrected chi connectivity index (χ3v) is 11.2. The minimum Gasteiger partial charge on any atom is -0.454 e. The topological polar surface area (TPSA) is 59.9 Å². The van der Waals surface area contributed by atoms with E-state index < -0.39 is 0 Å². The van der Waals surface area contributed by atoms with Crippen molar-refractivity contribution in [3.05, 3.63) is 169 Å². The maximum atomic E-state index is 10.7. The van der Waals surface area contributed by atoms with Crippen LogP contribution in [0.15, 0.2) is 173 Å². The van der Waals surface area contributed by atoms with Crippen molar-refractivity contribution < 1.29 is 8.83 Å². The molecule has 0 aliphatic carbocycles. The van der Waals surface area contributed by atoms with Crippen molar-refractivity contribution >= 4 is 87.5 Å². The minimum absolute atomic E-state index is 0.577.